The van der Waals surface area contributed by atoms with Gasteiger partial charge in [0.1, 0.15) is 11.4 Å². The van der Waals surface area contributed by atoms with Crippen LogP contribution in [-0.4, -0.2) is 47.1 Å². The SMILES string of the molecule is O=C(c1ccccn1)N1CCN(c2ccc(O)cc2)CC1. The van der Waals surface area contributed by atoms with Crippen molar-refractivity contribution in [3.63, 3.8) is 0 Å². The number of nitrogens with zero attached hydrogens (tertiary/aromatic N) is 3. The smallest absolute Gasteiger partial charge is 0.272 e. The van der Waals surface area contributed by atoms with Crippen molar-refractivity contribution in [2.24, 2.45) is 0 Å². The topological polar surface area (TPSA) is 56.7 Å². The molecule has 1 aliphatic rings. The van der Waals surface area contributed by atoms with Crippen LogP contribution in [-0.2, 0) is 0 Å². The zero-order valence-corrected chi connectivity index (χ0v) is 11.6. The molecule has 108 valence electrons. The Kier molecular flexibility index (Phi) is 3.73. The molecule has 3 rings (SSSR count). The van der Waals surface area contributed by atoms with Gasteiger partial charge in [-0.15, -0.1) is 0 Å². The summed E-state index contributed by atoms with van der Waals surface area (Å²) in [6.45, 7) is 2.92. The van der Waals surface area contributed by atoms with Gasteiger partial charge in [-0.1, -0.05) is 6.07 Å². The van der Waals surface area contributed by atoms with E-state index in [4.69, 9.17) is 0 Å². The lowest BCUT2D eigenvalue weighted by Gasteiger charge is -2.36. The number of aromatic nitrogens is 1. The lowest BCUT2D eigenvalue weighted by molar-refractivity contribution is 0.0741. The number of benzene rings is 1. The van der Waals surface area contributed by atoms with Crippen molar-refractivity contribution in [1.82, 2.24) is 9.88 Å². The first-order valence-electron chi connectivity index (χ1n) is 6.98. The maximum Gasteiger partial charge on any atom is 0.272 e. The zero-order chi connectivity index (χ0) is 14.7. The van der Waals surface area contributed by atoms with Crippen molar-refractivity contribution in [3.8, 4) is 5.75 Å². The average Bonchev–Trinajstić information content (AvgIpc) is 2.56. The third-order valence-electron chi connectivity index (χ3n) is 3.67. The van der Waals surface area contributed by atoms with Crippen LogP contribution >= 0.6 is 0 Å². The summed E-state index contributed by atoms with van der Waals surface area (Å²) in [6.07, 6.45) is 1.64. The molecule has 5 heteroatoms. The molecule has 0 saturated carbocycles. The number of phenols is 1. The Bertz CT molecular complexity index is 605. The molecule has 0 aliphatic carbocycles. The molecule has 1 aromatic heterocycles. The van der Waals surface area contributed by atoms with Crippen LogP contribution in [0.15, 0.2) is 48.7 Å². The highest BCUT2D eigenvalue weighted by Gasteiger charge is 2.22. The van der Waals surface area contributed by atoms with Gasteiger partial charge in [0.15, 0.2) is 0 Å². The van der Waals surface area contributed by atoms with E-state index in [0.29, 0.717) is 18.8 Å². The molecule has 21 heavy (non-hydrogen) atoms. The van der Waals surface area contributed by atoms with Crippen molar-refractivity contribution >= 4 is 11.6 Å². The molecule has 0 spiro atoms. The van der Waals surface area contributed by atoms with Crippen LogP contribution in [0.25, 0.3) is 0 Å². The Balaban J connectivity index is 1.63. The molecule has 0 unspecified atom stereocenters. The molecule has 5 nitrogen and oxygen atoms in total. The molecule has 0 atom stereocenters. The van der Waals surface area contributed by atoms with E-state index in [1.165, 1.54) is 0 Å². The summed E-state index contributed by atoms with van der Waals surface area (Å²) in [5, 5.41) is 9.32. The highest BCUT2D eigenvalue weighted by molar-refractivity contribution is 5.92. The number of carbonyl (C=O) groups excluding carboxylic acids is 1. The summed E-state index contributed by atoms with van der Waals surface area (Å²) in [5.74, 6) is 0.253. The number of piperazine rings is 1. The van der Waals surface area contributed by atoms with Gasteiger partial charge in [0.25, 0.3) is 5.91 Å². The molecular weight excluding hydrogens is 266 g/mol. The molecule has 1 fully saturated rings. The molecule has 1 aliphatic heterocycles. The summed E-state index contributed by atoms with van der Waals surface area (Å²) in [7, 11) is 0. The second kappa shape index (κ2) is 5.83. The second-order valence-corrected chi connectivity index (χ2v) is 5.01. The predicted molar refractivity (Wildman–Crippen MR) is 80.5 cm³/mol. The summed E-state index contributed by atoms with van der Waals surface area (Å²) < 4.78 is 0. The van der Waals surface area contributed by atoms with Gasteiger partial charge in [-0.2, -0.15) is 0 Å². The van der Waals surface area contributed by atoms with Crippen LogP contribution in [0, 0.1) is 0 Å². The fraction of sp³-hybridized carbons (Fsp3) is 0.250. The number of phenolic OH excluding ortho intramolecular Hbond substituents is 1. The number of aromatic hydroxyl groups is 1. The number of amides is 1. The molecule has 1 amide bonds. The molecular formula is C16H17N3O2. The number of pyridine rings is 1. The van der Waals surface area contributed by atoms with Gasteiger partial charge in [0, 0.05) is 38.1 Å². The van der Waals surface area contributed by atoms with E-state index in [-0.39, 0.29) is 11.7 Å². The van der Waals surface area contributed by atoms with Crippen LogP contribution in [0.3, 0.4) is 0 Å². The minimum Gasteiger partial charge on any atom is -0.508 e. The summed E-state index contributed by atoms with van der Waals surface area (Å²) in [6, 6.07) is 12.5. The van der Waals surface area contributed by atoms with Crippen molar-refractivity contribution < 1.29 is 9.90 Å². The maximum atomic E-state index is 12.3. The largest absolute Gasteiger partial charge is 0.508 e. The minimum absolute atomic E-state index is 0.0130. The monoisotopic (exact) mass is 283 g/mol. The Labute approximate surface area is 123 Å². The van der Waals surface area contributed by atoms with Crippen LogP contribution < -0.4 is 4.90 Å². The molecule has 2 aromatic rings. The highest BCUT2D eigenvalue weighted by Crippen LogP contribution is 2.20. The number of hydrogen-bond donors (Lipinski definition) is 1. The molecule has 2 heterocycles. The van der Waals surface area contributed by atoms with Crippen molar-refractivity contribution in [1.29, 1.82) is 0 Å². The lowest BCUT2D eigenvalue weighted by Crippen LogP contribution is -2.49. The van der Waals surface area contributed by atoms with Crippen LogP contribution in [0.1, 0.15) is 10.5 Å². The third kappa shape index (κ3) is 2.97. The number of carbonyl (C=O) groups is 1. The van der Waals surface area contributed by atoms with E-state index in [9.17, 15) is 9.90 Å². The average molecular weight is 283 g/mol. The van der Waals surface area contributed by atoms with Crippen molar-refractivity contribution in [2.45, 2.75) is 0 Å². The van der Waals surface area contributed by atoms with Gasteiger partial charge >= 0.3 is 0 Å². The fourth-order valence-electron chi connectivity index (χ4n) is 2.48. The predicted octanol–water partition coefficient (Wildman–Crippen LogP) is 1.75. The normalized spacial score (nSPS) is 15.0. The van der Waals surface area contributed by atoms with E-state index in [2.05, 4.69) is 9.88 Å². The lowest BCUT2D eigenvalue weighted by atomic mass is 10.2. The van der Waals surface area contributed by atoms with E-state index in [1.807, 2.05) is 23.1 Å². The minimum atomic E-state index is -0.0130. The summed E-state index contributed by atoms with van der Waals surface area (Å²) in [4.78, 5) is 20.5. The third-order valence-corrected chi connectivity index (χ3v) is 3.67. The van der Waals surface area contributed by atoms with Gasteiger partial charge in [-0.05, 0) is 36.4 Å². The van der Waals surface area contributed by atoms with Gasteiger partial charge in [0.05, 0.1) is 0 Å². The van der Waals surface area contributed by atoms with Crippen molar-refractivity contribution in [2.75, 3.05) is 31.1 Å². The first-order chi connectivity index (χ1) is 10.2. The number of rotatable bonds is 2. The standard InChI is InChI=1S/C16H17N3O2/c20-14-6-4-13(5-7-14)18-9-11-19(12-10-18)16(21)15-3-1-2-8-17-15/h1-8,20H,9-12H2. The molecule has 1 N–H and O–H groups in total. The van der Waals surface area contributed by atoms with Crippen LogP contribution in [0.2, 0.25) is 0 Å². The van der Waals surface area contributed by atoms with E-state index < -0.39 is 0 Å². The molecule has 0 bridgehead atoms. The first-order valence-corrected chi connectivity index (χ1v) is 6.98. The van der Waals surface area contributed by atoms with Crippen LogP contribution in [0.4, 0.5) is 5.69 Å². The molecule has 1 saturated heterocycles. The molecule has 1 aromatic carbocycles. The van der Waals surface area contributed by atoms with E-state index >= 15 is 0 Å². The van der Waals surface area contributed by atoms with Crippen molar-refractivity contribution in [3.05, 3.63) is 54.4 Å². The second-order valence-electron chi connectivity index (χ2n) is 5.01. The van der Waals surface area contributed by atoms with Gasteiger partial charge < -0.3 is 14.9 Å². The molecule has 0 radical (unpaired) electrons. The fourth-order valence-corrected chi connectivity index (χ4v) is 2.48. The van der Waals surface area contributed by atoms with E-state index in [0.717, 1.165) is 18.8 Å². The van der Waals surface area contributed by atoms with Gasteiger partial charge in [0.2, 0.25) is 0 Å². The Morgan fingerprint density at radius 1 is 1.00 bits per heavy atom. The number of anilines is 1. The maximum absolute atomic E-state index is 12.3. The first kappa shape index (κ1) is 13.4. The Hall–Kier alpha value is -2.56. The Morgan fingerprint density at radius 2 is 1.71 bits per heavy atom. The van der Waals surface area contributed by atoms with E-state index in [1.54, 1.807) is 30.5 Å². The highest BCUT2D eigenvalue weighted by atomic mass is 16.3. The number of hydrogen-bond acceptors (Lipinski definition) is 4. The van der Waals surface area contributed by atoms with Gasteiger partial charge in [-0.25, -0.2) is 0 Å². The summed E-state index contributed by atoms with van der Waals surface area (Å²) in [5.41, 5.74) is 1.56. The quantitative estimate of drug-likeness (QED) is 0.912. The Morgan fingerprint density at radius 3 is 2.33 bits per heavy atom. The summed E-state index contributed by atoms with van der Waals surface area (Å²) >= 11 is 0. The van der Waals surface area contributed by atoms with Crippen LogP contribution in [0.5, 0.6) is 5.75 Å². The van der Waals surface area contributed by atoms with Gasteiger partial charge in [-0.3, -0.25) is 9.78 Å². The zero-order valence-electron chi connectivity index (χ0n) is 11.6.